The summed E-state index contributed by atoms with van der Waals surface area (Å²) < 4.78 is 28.6. The fourth-order valence-electron chi connectivity index (χ4n) is 3.56. The van der Waals surface area contributed by atoms with Gasteiger partial charge in [-0.1, -0.05) is 13.0 Å². The Morgan fingerprint density at radius 3 is 2.66 bits per heavy atom. The lowest BCUT2D eigenvalue weighted by Gasteiger charge is -2.36. The Morgan fingerprint density at radius 2 is 2.07 bits per heavy atom. The van der Waals surface area contributed by atoms with Crippen molar-refractivity contribution in [2.24, 2.45) is 11.1 Å². The van der Waals surface area contributed by atoms with Crippen LogP contribution in [0.15, 0.2) is 40.6 Å². The largest absolute Gasteiger partial charge is 0.496 e. The average Bonchev–Trinajstić information content (AvgIpc) is 3.22. The third kappa shape index (κ3) is 5.36. The molecular weight excluding hydrogens is 410 g/mol. The van der Waals surface area contributed by atoms with E-state index >= 15 is 0 Å². The van der Waals surface area contributed by atoms with Crippen LogP contribution >= 0.6 is 11.3 Å². The minimum atomic E-state index is -3.92. The van der Waals surface area contributed by atoms with Gasteiger partial charge >= 0.3 is 0 Å². The van der Waals surface area contributed by atoms with Crippen LogP contribution in [0.4, 0.5) is 0 Å². The van der Waals surface area contributed by atoms with E-state index in [0.29, 0.717) is 12.3 Å². The molecule has 29 heavy (non-hydrogen) atoms. The molecule has 1 aliphatic heterocycles. The summed E-state index contributed by atoms with van der Waals surface area (Å²) in [7, 11) is -2.48. The summed E-state index contributed by atoms with van der Waals surface area (Å²) in [4.78, 5) is 16.4. The lowest BCUT2D eigenvalue weighted by Crippen LogP contribution is -2.41. The summed E-state index contributed by atoms with van der Waals surface area (Å²) in [6, 6.07) is 8.21. The van der Waals surface area contributed by atoms with Gasteiger partial charge in [-0.2, -0.15) is 0 Å². The van der Waals surface area contributed by atoms with Crippen LogP contribution in [0.1, 0.15) is 41.0 Å². The number of nitrogens with zero attached hydrogens (tertiary/aromatic N) is 1. The Hall–Kier alpha value is -1.94. The topological polar surface area (TPSA) is 102 Å². The first-order chi connectivity index (χ1) is 13.8. The van der Waals surface area contributed by atoms with E-state index in [1.54, 1.807) is 11.3 Å². The number of likely N-dealkylation sites (tertiary alicyclic amines) is 1. The number of nitrogens with one attached hydrogen (secondary N) is 1. The zero-order valence-electron chi connectivity index (χ0n) is 16.6. The van der Waals surface area contributed by atoms with E-state index in [9.17, 15) is 13.2 Å². The summed E-state index contributed by atoms with van der Waals surface area (Å²) in [5.41, 5.74) is 0.149. The Morgan fingerprint density at radius 1 is 1.34 bits per heavy atom. The Kier molecular flexibility index (Phi) is 6.94. The fraction of sp³-hybridized carbons (Fsp3) is 0.450. The van der Waals surface area contributed by atoms with Crippen LogP contribution in [-0.2, 0) is 10.0 Å². The van der Waals surface area contributed by atoms with Gasteiger partial charge in [-0.3, -0.25) is 9.69 Å². The van der Waals surface area contributed by atoms with Gasteiger partial charge in [0.05, 0.1) is 23.6 Å². The molecule has 1 aromatic carbocycles. The van der Waals surface area contributed by atoms with Crippen molar-refractivity contribution < 1.29 is 17.9 Å². The number of piperidine rings is 1. The predicted octanol–water partition coefficient (Wildman–Crippen LogP) is 2.61. The molecule has 3 rings (SSSR count). The smallest absolute Gasteiger partial charge is 0.255 e. The van der Waals surface area contributed by atoms with Crippen LogP contribution < -0.4 is 15.2 Å². The van der Waals surface area contributed by atoms with E-state index in [0.717, 1.165) is 31.8 Å². The number of thiophene rings is 1. The van der Waals surface area contributed by atoms with Crippen molar-refractivity contribution in [2.75, 3.05) is 26.7 Å². The molecular formula is C20H27N3O4S2. The maximum atomic E-state index is 12.9. The van der Waals surface area contributed by atoms with Crippen molar-refractivity contribution in [3.05, 3.63) is 46.2 Å². The second-order valence-corrected chi connectivity index (χ2v) is 9.91. The van der Waals surface area contributed by atoms with Gasteiger partial charge in [0.25, 0.3) is 5.91 Å². The Labute approximate surface area is 175 Å². The van der Waals surface area contributed by atoms with E-state index < -0.39 is 10.0 Å². The van der Waals surface area contributed by atoms with Gasteiger partial charge in [0, 0.05) is 11.4 Å². The normalized spacial score (nSPS) is 17.1. The highest BCUT2D eigenvalue weighted by atomic mass is 32.2. The lowest BCUT2D eigenvalue weighted by molar-refractivity contribution is 0.0912. The highest BCUT2D eigenvalue weighted by Gasteiger charge is 2.26. The molecule has 2 aromatic rings. The number of rotatable bonds is 7. The van der Waals surface area contributed by atoms with E-state index in [1.807, 2.05) is 11.4 Å². The summed E-state index contributed by atoms with van der Waals surface area (Å²) in [6.45, 7) is 4.67. The number of hydrogen-bond donors (Lipinski definition) is 2. The summed E-state index contributed by atoms with van der Waals surface area (Å²) >= 11 is 1.67. The first-order valence-electron chi connectivity index (χ1n) is 9.56. The maximum absolute atomic E-state index is 12.9. The number of nitrogens with two attached hydrogens (primary N) is 1. The molecule has 1 amide bonds. The Bertz CT molecular complexity index is 937. The zero-order valence-corrected chi connectivity index (χ0v) is 18.3. The molecule has 0 aliphatic carbocycles. The van der Waals surface area contributed by atoms with E-state index in [-0.39, 0.29) is 22.4 Å². The van der Waals surface area contributed by atoms with Crippen molar-refractivity contribution in [1.29, 1.82) is 0 Å². The van der Waals surface area contributed by atoms with Crippen molar-refractivity contribution in [2.45, 2.75) is 30.7 Å². The van der Waals surface area contributed by atoms with Crippen molar-refractivity contribution in [1.82, 2.24) is 10.2 Å². The molecule has 3 N–H and O–H groups in total. The highest BCUT2D eigenvalue weighted by molar-refractivity contribution is 7.89. The number of hydrogen-bond acceptors (Lipinski definition) is 6. The maximum Gasteiger partial charge on any atom is 0.255 e. The molecule has 0 unspecified atom stereocenters. The van der Waals surface area contributed by atoms with Gasteiger partial charge in [-0.15, -0.1) is 11.3 Å². The summed E-state index contributed by atoms with van der Waals surface area (Å²) in [5.74, 6) is 0.628. The summed E-state index contributed by atoms with van der Waals surface area (Å²) in [6.07, 6.45) is 2.28. The van der Waals surface area contributed by atoms with Crippen LogP contribution in [0, 0.1) is 5.92 Å². The summed E-state index contributed by atoms with van der Waals surface area (Å²) in [5, 5.41) is 10.2. The average molecular weight is 438 g/mol. The molecule has 0 spiro atoms. The fourth-order valence-corrected chi connectivity index (χ4v) is 4.96. The molecule has 0 saturated carbocycles. The molecule has 158 valence electrons. The minimum absolute atomic E-state index is 0.0823. The van der Waals surface area contributed by atoms with Crippen molar-refractivity contribution >= 4 is 27.3 Å². The molecule has 1 fully saturated rings. The van der Waals surface area contributed by atoms with E-state index in [4.69, 9.17) is 9.88 Å². The standard InChI is InChI=1S/C20H27N3O4S2/c1-14-7-9-23(10-8-14)17(19-4-3-11-28-19)13-22-20(24)16-12-15(29(21,25)26)5-6-18(16)27-2/h3-6,11-12,14,17H,7-10,13H2,1-2H3,(H,22,24)(H2,21,25,26)/t17-/m0/s1. The molecule has 0 bridgehead atoms. The van der Waals surface area contributed by atoms with Crippen molar-refractivity contribution in [3.63, 3.8) is 0 Å². The van der Waals surface area contributed by atoms with Gasteiger partial charge < -0.3 is 10.1 Å². The molecule has 0 radical (unpaired) electrons. The molecule has 1 aromatic heterocycles. The molecule has 2 heterocycles. The lowest BCUT2D eigenvalue weighted by atomic mass is 9.97. The van der Waals surface area contributed by atoms with Crippen LogP contribution in [0.3, 0.4) is 0 Å². The predicted molar refractivity (Wildman–Crippen MR) is 114 cm³/mol. The number of primary sulfonamides is 1. The quantitative estimate of drug-likeness (QED) is 0.693. The number of methoxy groups -OCH3 is 1. The van der Waals surface area contributed by atoms with Gasteiger partial charge in [0.15, 0.2) is 0 Å². The molecule has 1 aliphatic rings. The van der Waals surface area contributed by atoms with E-state index in [1.165, 1.54) is 30.2 Å². The molecule has 9 heteroatoms. The minimum Gasteiger partial charge on any atom is -0.496 e. The number of amides is 1. The SMILES string of the molecule is COc1ccc(S(N)(=O)=O)cc1C(=O)NC[C@@H](c1cccs1)N1CCC(C)CC1. The molecule has 1 saturated heterocycles. The number of benzene rings is 1. The van der Waals surface area contributed by atoms with E-state index in [2.05, 4.69) is 23.2 Å². The third-order valence-electron chi connectivity index (χ3n) is 5.33. The van der Waals surface area contributed by atoms with Crippen LogP contribution in [0.5, 0.6) is 5.75 Å². The highest BCUT2D eigenvalue weighted by Crippen LogP contribution is 2.29. The second-order valence-electron chi connectivity index (χ2n) is 7.37. The third-order valence-corrected chi connectivity index (χ3v) is 7.22. The number of carbonyl (C=O) groups excluding carboxylic acids is 1. The second kappa shape index (κ2) is 9.25. The molecule has 7 nitrogen and oxygen atoms in total. The van der Waals surface area contributed by atoms with Crippen LogP contribution in [0.2, 0.25) is 0 Å². The first-order valence-corrected chi connectivity index (χ1v) is 12.0. The Balaban J connectivity index is 1.78. The van der Waals surface area contributed by atoms with Crippen LogP contribution in [0.25, 0.3) is 0 Å². The van der Waals surface area contributed by atoms with Crippen molar-refractivity contribution in [3.8, 4) is 5.75 Å². The number of carbonyl (C=O) groups is 1. The van der Waals surface area contributed by atoms with Gasteiger partial charge in [0.1, 0.15) is 5.75 Å². The number of ether oxygens (including phenoxy) is 1. The van der Waals surface area contributed by atoms with Crippen LogP contribution in [-0.4, -0.2) is 46.0 Å². The number of sulfonamides is 1. The molecule has 1 atom stereocenters. The monoisotopic (exact) mass is 437 g/mol. The zero-order chi connectivity index (χ0) is 21.0. The van der Waals surface area contributed by atoms with Gasteiger partial charge in [0.2, 0.25) is 10.0 Å². The van der Waals surface area contributed by atoms with Gasteiger partial charge in [-0.05, 0) is 61.5 Å². The first kappa shape index (κ1) is 21.8. The van der Waals surface area contributed by atoms with Gasteiger partial charge in [-0.25, -0.2) is 13.6 Å².